The van der Waals surface area contributed by atoms with Crippen LogP contribution < -0.4 is 10.6 Å². The second-order valence-electron chi connectivity index (χ2n) is 5.03. The smallest absolute Gasteiger partial charge is 0.317 e. The SMILES string of the molecule is CCNCC(C)C(=O)N1CCN2C(=O)NCC2C1. The lowest BCUT2D eigenvalue weighted by atomic mass is 10.1. The van der Waals surface area contributed by atoms with Gasteiger partial charge in [0, 0.05) is 38.6 Å². The van der Waals surface area contributed by atoms with Crippen molar-refractivity contribution < 1.29 is 9.59 Å². The number of hydrogen-bond acceptors (Lipinski definition) is 3. The van der Waals surface area contributed by atoms with E-state index < -0.39 is 0 Å². The second kappa shape index (κ2) is 5.56. The molecule has 0 spiro atoms. The lowest BCUT2D eigenvalue weighted by Gasteiger charge is -2.37. The molecule has 2 unspecified atom stereocenters. The highest BCUT2D eigenvalue weighted by atomic mass is 16.2. The van der Waals surface area contributed by atoms with Gasteiger partial charge in [-0.3, -0.25) is 4.79 Å². The molecule has 2 N–H and O–H groups in total. The molecule has 0 aromatic heterocycles. The van der Waals surface area contributed by atoms with E-state index in [0.717, 1.165) is 13.1 Å². The van der Waals surface area contributed by atoms with Crippen molar-refractivity contribution in [2.24, 2.45) is 5.92 Å². The molecule has 2 rings (SSSR count). The fourth-order valence-electron chi connectivity index (χ4n) is 2.56. The van der Waals surface area contributed by atoms with Crippen molar-refractivity contribution >= 4 is 11.9 Å². The van der Waals surface area contributed by atoms with E-state index in [0.29, 0.717) is 26.2 Å². The fourth-order valence-corrected chi connectivity index (χ4v) is 2.56. The van der Waals surface area contributed by atoms with Crippen LogP contribution in [0.2, 0.25) is 0 Å². The molecule has 6 nitrogen and oxygen atoms in total. The van der Waals surface area contributed by atoms with Crippen molar-refractivity contribution in [3.8, 4) is 0 Å². The highest BCUT2D eigenvalue weighted by molar-refractivity contribution is 5.80. The molecular weight excluding hydrogens is 232 g/mol. The monoisotopic (exact) mass is 254 g/mol. The zero-order valence-corrected chi connectivity index (χ0v) is 11.1. The zero-order chi connectivity index (χ0) is 13.1. The minimum atomic E-state index is 0.00145. The number of piperazine rings is 1. The van der Waals surface area contributed by atoms with E-state index in [1.165, 1.54) is 0 Å². The van der Waals surface area contributed by atoms with Crippen LogP contribution in [-0.4, -0.2) is 67.0 Å². The van der Waals surface area contributed by atoms with Gasteiger partial charge in [0.2, 0.25) is 5.91 Å². The Labute approximate surface area is 108 Å². The molecule has 3 amide bonds. The van der Waals surface area contributed by atoms with Crippen LogP contribution in [-0.2, 0) is 4.79 Å². The first kappa shape index (κ1) is 13.1. The highest BCUT2D eigenvalue weighted by Gasteiger charge is 2.37. The molecule has 18 heavy (non-hydrogen) atoms. The lowest BCUT2D eigenvalue weighted by Crippen LogP contribution is -2.55. The Morgan fingerprint density at radius 3 is 3.06 bits per heavy atom. The largest absolute Gasteiger partial charge is 0.339 e. The predicted molar refractivity (Wildman–Crippen MR) is 68.2 cm³/mol. The van der Waals surface area contributed by atoms with Gasteiger partial charge in [-0.25, -0.2) is 4.79 Å². The summed E-state index contributed by atoms with van der Waals surface area (Å²) in [5.74, 6) is 0.191. The third-order valence-electron chi connectivity index (χ3n) is 3.67. The summed E-state index contributed by atoms with van der Waals surface area (Å²) < 4.78 is 0. The number of amides is 3. The Morgan fingerprint density at radius 2 is 2.33 bits per heavy atom. The van der Waals surface area contributed by atoms with Gasteiger partial charge < -0.3 is 20.4 Å². The summed E-state index contributed by atoms with van der Waals surface area (Å²) in [6.07, 6.45) is 0. The van der Waals surface area contributed by atoms with Gasteiger partial charge in [0.25, 0.3) is 0 Å². The maximum atomic E-state index is 12.2. The standard InChI is InChI=1S/C12H22N4O2/c1-3-13-6-9(2)11(17)15-4-5-16-10(8-15)7-14-12(16)18/h9-10,13H,3-8H2,1-2H3,(H,14,18). The van der Waals surface area contributed by atoms with Gasteiger partial charge in [-0.1, -0.05) is 13.8 Å². The van der Waals surface area contributed by atoms with Crippen molar-refractivity contribution in [2.45, 2.75) is 19.9 Å². The molecular formula is C12H22N4O2. The summed E-state index contributed by atoms with van der Waals surface area (Å²) >= 11 is 0. The first-order chi connectivity index (χ1) is 8.63. The van der Waals surface area contributed by atoms with Gasteiger partial charge >= 0.3 is 6.03 Å². The molecule has 102 valence electrons. The Kier molecular flexibility index (Phi) is 4.06. The summed E-state index contributed by atoms with van der Waals surface area (Å²) in [6, 6.07) is 0.161. The number of hydrogen-bond donors (Lipinski definition) is 2. The molecule has 2 saturated heterocycles. The van der Waals surface area contributed by atoms with Crippen molar-refractivity contribution in [3.63, 3.8) is 0 Å². The van der Waals surface area contributed by atoms with Crippen molar-refractivity contribution in [2.75, 3.05) is 39.3 Å². The van der Waals surface area contributed by atoms with Crippen LogP contribution in [0.3, 0.4) is 0 Å². The van der Waals surface area contributed by atoms with Gasteiger partial charge in [-0.2, -0.15) is 0 Å². The van der Waals surface area contributed by atoms with Crippen LogP contribution in [0.25, 0.3) is 0 Å². The summed E-state index contributed by atoms with van der Waals surface area (Å²) in [6.45, 7) is 8.21. The van der Waals surface area contributed by atoms with E-state index in [1.807, 2.05) is 23.6 Å². The summed E-state index contributed by atoms with van der Waals surface area (Å²) in [5.41, 5.74) is 0. The minimum Gasteiger partial charge on any atom is -0.339 e. The van der Waals surface area contributed by atoms with Crippen LogP contribution in [0.1, 0.15) is 13.8 Å². The Morgan fingerprint density at radius 1 is 1.56 bits per heavy atom. The van der Waals surface area contributed by atoms with E-state index in [4.69, 9.17) is 0 Å². The van der Waals surface area contributed by atoms with Gasteiger partial charge in [0.15, 0.2) is 0 Å². The molecule has 2 fully saturated rings. The summed E-state index contributed by atoms with van der Waals surface area (Å²) in [4.78, 5) is 27.4. The number of nitrogens with zero attached hydrogens (tertiary/aromatic N) is 2. The number of carbonyl (C=O) groups is 2. The number of nitrogens with one attached hydrogen (secondary N) is 2. The van der Waals surface area contributed by atoms with Crippen LogP contribution >= 0.6 is 0 Å². The molecule has 2 aliphatic heterocycles. The van der Waals surface area contributed by atoms with Crippen molar-refractivity contribution in [1.29, 1.82) is 0 Å². The van der Waals surface area contributed by atoms with Gasteiger partial charge in [0.1, 0.15) is 0 Å². The minimum absolute atomic E-state index is 0.00145. The van der Waals surface area contributed by atoms with E-state index in [2.05, 4.69) is 10.6 Å². The Balaban J connectivity index is 1.87. The second-order valence-corrected chi connectivity index (χ2v) is 5.03. The normalized spacial score (nSPS) is 24.8. The first-order valence-electron chi connectivity index (χ1n) is 6.67. The van der Waals surface area contributed by atoms with Crippen LogP contribution in [0, 0.1) is 5.92 Å². The molecule has 0 aliphatic carbocycles. The maximum Gasteiger partial charge on any atom is 0.317 e. The number of fused-ring (bicyclic) bond motifs is 1. The predicted octanol–water partition coefficient (Wildman–Crippen LogP) is -0.532. The van der Waals surface area contributed by atoms with E-state index in [9.17, 15) is 9.59 Å². The fraction of sp³-hybridized carbons (Fsp3) is 0.833. The zero-order valence-electron chi connectivity index (χ0n) is 11.1. The Bertz CT molecular complexity index is 334. The summed E-state index contributed by atoms with van der Waals surface area (Å²) in [7, 11) is 0. The molecule has 2 aliphatic rings. The van der Waals surface area contributed by atoms with E-state index in [1.54, 1.807) is 0 Å². The number of carbonyl (C=O) groups excluding carboxylic acids is 2. The Hall–Kier alpha value is -1.30. The van der Waals surface area contributed by atoms with Crippen LogP contribution in [0.15, 0.2) is 0 Å². The lowest BCUT2D eigenvalue weighted by molar-refractivity contribution is -0.137. The molecule has 2 heterocycles. The first-order valence-corrected chi connectivity index (χ1v) is 6.67. The molecule has 0 aromatic carbocycles. The molecule has 0 bridgehead atoms. The van der Waals surface area contributed by atoms with Gasteiger partial charge in [0.05, 0.1) is 6.04 Å². The average molecular weight is 254 g/mol. The average Bonchev–Trinajstić information content (AvgIpc) is 2.76. The molecule has 0 saturated carbocycles. The van der Waals surface area contributed by atoms with E-state index >= 15 is 0 Å². The number of urea groups is 1. The van der Waals surface area contributed by atoms with Gasteiger partial charge in [-0.05, 0) is 6.54 Å². The van der Waals surface area contributed by atoms with Crippen molar-refractivity contribution in [3.05, 3.63) is 0 Å². The summed E-state index contributed by atoms with van der Waals surface area (Å²) in [5, 5.41) is 6.02. The molecule has 0 radical (unpaired) electrons. The third-order valence-corrected chi connectivity index (χ3v) is 3.67. The van der Waals surface area contributed by atoms with Crippen LogP contribution in [0.5, 0.6) is 0 Å². The van der Waals surface area contributed by atoms with Crippen LogP contribution in [0.4, 0.5) is 4.79 Å². The molecule has 6 heteroatoms. The van der Waals surface area contributed by atoms with Gasteiger partial charge in [-0.15, -0.1) is 0 Å². The number of rotatable bonds is 4. The quantitative estimate of drug-likeness (QED) is 0.709. The third kappa shape index (κ3) is 2.58. The van der Waals surface area contributed by atoms with Crippen molar-refractivity contribution in [1.82, 2.24) is 20.4 Å². The van der Waals surface area contributed by atoms with E-state index in [-0.39, 0.29) is 23.9 Å². The topological polar surface area (TPSA) is 64.7 Å². The maximum absolute atomic E-state index is 12.2. The molecule has 0 aromatic rings. The molecule has 2 atom stereocenters. The highest BCUT2D eigenvalue weighted by Crippen LogP contribution is 2.15.